The quantitative estimate of drug-likeness (QED) is 0.851. The highest BCUT2D eigenvalue weighted by Gasteiger charge is 2.18. The lowest BCUT2D eigenvalue weighted by atomic mass is 10.1. The second kappa shape index (κ2) is 6.09. The third-order valence-electron chi connectivity index (χ3n) is 3.27. The minimum Gasteiger partial charge on any atom is -0.374 e. The molecular weight excluding hydrogens is 252 g/mol. The summed E-state index contributed by atoms with van der Waals surface area (Å²) in [6.45, 7) is 7.06. The van der Waals surface area contributed by atoms with E-state index >= 15 is 0 Å². The van der Waals surface area contributed by atoms with Crippen LogP contribution in [0.25, 0.3) is 10.9 Å². The number of aromatic nitrogens is 1. The predicted octanol–water partition coefficient (Wildman–Crippen LogP) is 2.64. The number of hydrogen-bond donors (Lipinski definition) is 2. The first kappa shape index (κ1) is 14.6. The van der Waals surface area contributed by atoms with Gasteiger partial charge in [-0.05, 0) is 32.4 Å². The summed E-state index contributed by atoms with van der Waals surface area (Å²) in [5.74, 6) is 0.0162. The Kier molecular flexibility index (Phi) is 4.45. The van der Waals surface area contributed by atoms with Crippen LogP contribution in [-0.4, -0.2) is 29.6 Å². The highest BCUT2D eigenvalue weighted by atomic mass is 16.5. The van der Waals surface area contributed by atoms with Crippen molar-refractivity contribution in [2.75, 3.05) is 13.2 Å². The molecule has 20 heavy (non-hydrogen) atoms. The van der Waals surface area contributed by atoms with Gasteiger partial charge in [0.1, 0.15) is 0 Å². The minimum absolute atomic E-state index is 0.0162. The Labute approximate surface area is 119 Å². The number of aromatic amines is 1. The smallest absolute Gasteiger partial charge is 0.224 e. The van der Waals surface area contributed by atoms with Gasteiger partial charge in [0, 0.05) is 30.3 Å². The first-order valence-corrected chi connectivity index (χ1v) is 6.97. The summed E-state index contributed by atoms with van der Waals surface area (Å²) >= 11 is 0. The molecule has 1 aromatic heterocycles. The molecule has 0 atom stereocenters. The van der Waals surface area contributed by atoms with E-state index in [4.69, 9.17) is 4.74 Å². The fourth-order valence-corrected chi connectivity index (χ4v) is 2.27. The Balaban J connectivity index is 1.95. The normalized spacial score (nSPS) is 11.8. The van der Waals surface area contributed by atoms with Gasteiger partial charge in [-0.3, -0.25) is 4.79 Å². The Morgan fingerprint density at radius 3 is 2.85 bits per heavy atom. The molecule has 2 rings (SSSR count). The van der Waals surface area contributed by atoms with Crippen molar-refractivity contribution in [3.05, 3.63) is 36.0 Å². The molecule has 1 amide bonds. The predicted molar refractivity (Wildman–Crippen MR) is 80.7 cm³/mol. The summed E-state index contributed by atoms with van der Waals surface area (Å²) in [6.07, 6.45) is 2.28. The maximum atomic E-state index is 12.0. The summed E-state index contributed by atoms with van der Waals surface area (Å²) < 4.78 is 5.56. The number of benzene rings is 1. The third kappa shape index (κ3) is 3.61. The number of ether oxygens (including phenoxy) is 1. The van der Waals surface area contributed by atoms with Gasteiger partial charge in [0.2, 0.25) is 5.91 Å². The van der Waals surface area contributed by atoms with Crippen molar-refractivity contribution < 1.29 is 9.53 Å². The summed E-state index contributed by atoms with van der Waals surface area (Å²) in [7, 11) is 0. The summed E-state index contributed by atoms with van der Waals surface area (Å²) in [5.41, 5.74) is 1.75. The Morgan fingerprint density at radius 2 is 2.10 bits per heavy atom. The number of rotatable bonds is 6. The molecule has 108 valence electrons. The van der Waals surface area contributed by atoms with Gasteiger partial charge in [-0.1, -0.05) is 18.2 Å². The van der Waals surface area contributed by atoms with E-state index in [0.29, 0.717) is 19.6 Å². The maximum absolute atomic E-state index is 12.0. The number of amides is 1. The lowest BCUT2D eigenvalue weighted by molar-refractivity contribution is -0.122. The molecule has 0 fully saturated rings. The van der Waals surface area contributed by atoms with Crippen LogP contribution >= 0.6 is 0 Å². The SMILES string of the molecule is CCOC(C)(C)CNC(=O)Cc1c[nH]c2ccccc12. The molecule has 0 aliphatic rings. The first-order chi connectivity index (χ1) is 9.52. The van der Waals surface area contributed by atoms with E-state index in [1.165, 1.54) is 0 Å². The monoisotopic (exact) mass is 274 g/mol. The van der Waals surface area contributed by atoms with Crippen molar-refractivity contribution in [1.29, 1.82) is 0 Å². The number of carbonyl (C=O) groups is 1. The molecule has 0 aliphatic carbocycles. The molecule has 0 aliphatic heterocycles. The van der Waals surface area contributed by atoms with Crippen LogP contribution in [-0.2, 0) is 16.0 Å². The Morgan fingerprint density at radius 1 is 1.35 bits per heavy atom. The zero-order valence-corrected chi connectivity index (χ0v) is 12.3. The van der Waals surface area contributed by atoms with Crippen molar-refractivity contribution >= 4 is 16.8 Å². The van der Waals surface area contributed by atoms with Gasteiger partial charge in [-0.2, -0.15) is 0 Å². The maximum Gasteiger partial charge on any atom is 0.224 e. The van der Waals surface area contributed by atoms with Crippen LogP contribution in [0, 0.1) is 0 Å². The van der Waals surface area contributed by atoms with Gasteiger partial charge in [0.15, 0.2) is 0 Å². The minimum atomic E-state index is -0.329. The van der Waals surface area contributed by atoms with E-state index in [1.54, 1.807) is 0 Å². The van der Waals surface area contributed by atoms with Crippen LogP contribution in [0.2, 0.25) is 0 Å². The van der Waals surface area contributed by atoms with Crippen LogP contribution in [0.1, 0.15) is 26.3 Å². The van der Waals surface area contributed by atoms with Gasteiger partial charge in [0.25, 0.3) is 0 Å². The fraction of sp³-hybridized carbons (Fsp3) is 0.438. The number of fused-ring (bicyclic) bond motifs is 1. The standard InChI is InChI=1S/C16H22N2O2/c1-4-20-16(2,3)11-18-15(19)9-12-10-17-14-8-6-5-7-13(12)14/h5-8,10,17H,4,9,11H2,1-3H3,(H,18,19). The lowest BCUT2D eigenvalue weighted by Crippen LogP contribution is -2.41. The lowest BCUT2D eigenvalue weighted by Gasteiger charge is -2.24. The summed E-state index contributed by atoms with van der Waals surface area (Å²) in [5, 5.41) is 4.04. The van der Waals surface area contributed by atoms with E-state index < -0.39 is 0 Å². The average molecular weight is 274 g/mol. The molecule has 0 unspecified atom stereocenters. The molecule has 4 nitrogen and oxygen atoms in total. The largest absolute Gasteiger partial charge is 0.374 e. The molecular formula is C16H22N2O2. The molecule has 0 bridgehead atoms. The highest BCUT2D eigenvalue weighted by Crippen LogP contribution is 2.18. The van der Waals surface area contributed by atoms with Gasteiger partial charge in [-0.25, -0.2) is 0 Å². The average Bonchev–Trinajstić information content (AvgIpc) is 2.80. The zero-order valence-electron chi connectivity index (χ0n) is 12.3. The molecule has 2 N–H and O–H groups in total. The number of H-pyrrole nitrogens is 1. The van der Waals surface area contributed by atoms with Gasteiger partial charge in [0.05, 0.1) is 12.0 Å². The fourth-order valence-electron chi connectivity index (χ4n) is 2.27. The van der Waals surface area contributed by atoms with Crippen LogP contribution in [0.3, 0.4) is 0 Å². The zero-order chi connectivity index (χ0) is 14.6. The van der Waals surface area contributed by atoms with E-state index in [-0.39, 0.29) is 11.5 Å². The van der Waals surface area contributed by atoms with Gasteiger partial charge >= 0.3 is 0 Å². The highest BCUT2D eigenvalue weighted by molar-refractivity contribution is 5.88. The third-order valence-corrected chi connectivity index (χ3v) is 3.27. The molecule has 2 aromatic rings. The first-order valence-electron chi connectivity index (χ1n) is 6.97. The van der Waals surface area contributed by atoms with Crippen LogP contribution < -0.4 is 5.32 Å². The van der Waals surface area contributed by atoms with E-state index in [2.05, 4.69) is 10.3 Å². The van der Waals surface area contributed by atoms with Crippen LogP contribution in [0.4, 0.5) is 0 Å². The molecule has 4 heteroatoms. The second-order valence-corrected chi connectivity index (χ2v) is 5.51. The van der Waals surface area contributed by atoms with Gasteiger partial charge < -0.3 is 15.0 Å². The number of para-hydroxylation sites is 1. The molecule has 0 radical (unpaired) electrons. The van der Waals surface area contributed by atoms with E-state index in [9.17, 15) is 4.79 Å². The van der Waals surface area contributed by atoms with Crippen molar-refractivity contribution in [3.63, 3.8) is 0 Å². The van der Waals surface area contributed by atoms with Crippen molar-refractivity contribution in [2.24, 2.45) is 0 Å². The molecule has 0 saturated carbocycles. The molecule has 0 saturated heterocycles. The number of nitrogens with one attached hydrogen (secondary N) is 2. The molecule has 1 heterocycles. The van der Waals surface area contributed by atoms with Crippen molar-refractivity contribution in [3.8, 4) is 0 Å². The summed E-state index contributed by atoms with van der Waals surface area (Å²) in [6, 6.07) is 8.00. The van der Waals surface area contributed by atoms with Crippen LogP contribution in [0.5, 0.6) is 0 Å². The van der Waals surface area contributed by atoms with Crippen molar-refractivity contribution in [1.82, 2.24) is 10.3 Å². The van der Waals surface area contributed by atoms with Crippen LogP contribution in [0.15, 0.2) is 30.5 Å². The number of carbonyl (C=O) groups excluding carboxylic acids is 1. The topological polar surface area (TPSA) is 54.1 Å². The Hall–Kier alpha value is -1.81. The van der Waals surface area contributed by atoms with Gasteiger partial charge in [-0.15, -0.1) is 0 Å². The van der Waals surface area contributed by atoms with E-state index in [1.807, 2.05) is 51.2 Å². The number of hydrogen-bond acceptors (Lipinski definition) is 2. The van der Waals surface area contributed by atoms with E-state index in [0.717, 1.165) is 16.5 Å². The molecule has 0 spiro atoms. The Bertz CT molecular complexity index is 587. The summed E-state index contributed by atoms with van der Waals surface area (Å²) in [4.78, 5) is 15.2. The van der Waals surface area contributed by atoms with Crippen molar-refractivity contribution in [2.45, 2.75) is 32.8 Å². The molecule has 1 aromatic carbocycles. The second-order valence-electron chi connectivity index (χ2n) is 5.51.